The molecule has 0 atom stereocenters. The number of benzene rings is 2. The third-order valence-electron chi connectivity index (χ3n) is 6.05. The van der Waals surface area contributed by atoms with E-state index in [0.717, 1.165) is 11.8 Å². The van der Waals surface area contributed by atoms with Gasteiger partial charge >= 0.3 is 0 Å². The maximum atomic E-state index is 14.9. The number of carbonyl (C=O) groups excluding carboxylic acids is 1. The van der Waals surface area contributed by atoms with Gasteiger partial charge in [0, 0.05) is 17.3 Å². The summed E-state index contributed by atoms with van der Waals surface area (Å²) in [4.78, 5) is 18.0. The molecule has 35 heavy (non-hydrogen) atoms. The minimum absolute atomic E-state index is 0.0688. The molecule has 5 rings (SSSR count). The van der Waals surface area contributed by atoms with E-state index >= 15 is 0 Å². The molecule has 7 nitrogen and oxygen atoms in total. The Morgan fingerprint density at radius 1 is 1.17 bits per heavy atom. The molecule has 1 aliphatic heterocycles. The fraction of sp³-hybridized carbons (Fsp3) is 0.269. The quantitative estimate of drug-likeness (QED) is 0.450. The van der Waals surface area contributed by atoms with Gasteiger partial charge in [-0.15, -0.1) is 0 Å². The van der Waals surface area contributed by atoms with E-state index in [-0.39, 0.29) is 17.2 Å². The van der Waals surface area contributed by atoms with Crippen molar-refractivity contribution < 1.29 is 18.3 Å². The van der Waals surface area contributed by atoms with Crippen LogP contribution in [0.25, 0.3) is 16.9 Å². The molecule has 3 heterocycles. The third-order valence-corrected chi connectivity index (χ3v) is 6.05. The maximum absolute atomic E-state index is 14.9. The summed E-state index contributed by atoms with van der Waals surface area (Å²) in [6.07, 6.45) is 1.60. The maximum Gasteiger partial charge on any atom is 0.290 e. The Balaban J connectivity index is 1.65. The number of hydrazine groups is 1. The second kappa shape index (κ2) is 8.65. The first-order chi connectivity index (χ1) is 16.8. The van der Waals surface area contributed by atoms with Crippen molar-refractivity contribution in [3.8, 4) is 17.0 Å². The third kappa shape index (κ3) is 3.86. The zero-order valence-electron chi connectivity index (χ0n) is 19.9. The van der Waals surface area contributed by atoms with Crippen LogP contribution in [0.15, 0.2) is 42.6 Å². The molecule has 0 spiro atoms. The van der Waals surface area contributed by atoms with Crippen molar-refractivity contribution in [2.75, 3.05) is 18.2 Å². The lowest BCUT2D eigenvalue weighted by molar-refractivity contribution is 0.0938. The predicted octanol–water partition coefficient (Wildman–Crippen LogP) is 4.96. The average Bonchev–Trinajstić information content (AvgIpc) is 3.22. The lowest BCUT2D eigenvalue weighted by atomic mass is 10.0. The van der Waals surface area contributed by atoms with Crippen molar-refractivity contribution in [1.29, 1.82) is 0 Å². The van der Waals surface area contributed by atoms with E-state index in [4.69, 9.17) is 4.74 Å². The summed E-state index contributed by atoms with van der Waals surface area (Å²) in [6, 6.07) is 10.2. The minimum Gasteiger partial charge on any atom is -0.489 e. The topological polar surface area (TPSA) is 71.8 Å². The number of nitrogens with one attached hydrogen (secondary N) is 1. The highest BCUT2D eigenvalue weighted by Gasteiger charge is 2.28. The van der Waals surface area contributed by atoms with E-state index in [9.17, 15) is 13.6 Å². The molecule has 0 radical (unpaired) electrons. The number of hydrogen-bond acceptors (Lipinski definition) is 5. The number of fused-ring (bicyclic) bond motifs is 2. The van der Waals surface area contributed by atoms with Crippen LogP contribution in [0.4, 0.5) is 14.5 Å². The monoisotopic (exact) mass is 477 g/mol. The largest absolute Gasteiger partial charge is 0.489 e. The van der Waals surface area contributed by atoms with Gasteiger partial charge in [0.05, 0.1) is 17.9 Å². The average molecular weight is 478 g/mol. The van der Waals surface area contributed by atoms with Crippen molar-refractivity contribution in [3.63, 3.8) is 0 Å². The normalized spacial score (nSPS) is 13.2. The Kier molecular flexibility index (Phi) is 5.62. The molecular weight excluding hydrogens is 452 g/mol. The zero-order valence-corrected chi connectivity index (χ0v) is 19.9. The molecule has 1 N–H and O–H groups in total. The van der Waals surface area contributed by atoms with E-state index in [2.05, 4.69) is 15.5 Å². The van der Waals surface area contributed by atoms with Gasteiger partial charge in [0.25, 0.3) is 5.91 Å². The number of amides is 1. The van der Waals surface area contributed by atoms with Crippen LogP contribution in [-0.4, -0.2) is 33.7 Å². The lowest BCUT2D eigenvalue weighted by Gasteiger charge is -2.31. The van der Waals surface area contributed by atoms with Gasteiger partial charge in [-0.3, -0.25) is 15.2 Å². The second-order valence-electron chi connectivity index (χ2n) is 8.96. The number of ether oxygens (including phenoxy) is 1. The van der Waals surface area contributed by atoms with E-state index in [1.54, 1.807) is 31.1 Å². The first-order valence-electron chi connectivity index (χ1n) is 11.4. The summed E-state index contributed by atoms with van der Waals surface area (Å²) in [6.45, 7) is 8.20. The molecule has 1 aliphatic rings. The minimum atomic E-state index is -0.969. The van der Waals surface area contributed by atoms with Crippen molar-refractivity contribution in [2.24, 2.45) is 0 Å². The van der Waals surface area contributed by atoms with Crippen LogP contribution < -0.4 is 15.2 Å². The zero-order chi connectivity index (χ0) is 24.9. The van der Waals surface area contributed by atoms with Gasteiger partial charge in [0.15, 0.2) is 23.0 Å². The molecule has 1 amide bonds. The smallest absolute Gasteiger partial charge is 0.290 e. The summed E-state index contributed by atoms with van der Waals surface area (Å²) < 4.78 is 36.3. The van der Waals surface area contributed by atoms with Crippen LogP contribution in [0.2, 0.25) is 0 Å². The standard InChI is InChI=1S/C26H25F2N5O2/c1-14(2)21-23(26(34)31-32-9-10-35-20-8-6-5-7-19(20)32)30-33-24(16(4)13-29-25(21)33)17-11-15(3)12-18(27)22(17)28/h5-8,11-14H,9-10H2,1-4H3,(H,31,34). The summed E-state index contributed by atoms with van der Waals surface area (Å²) in [7, 11) is 0. The lowest BCUT2D eigenvalue weighted by Crippen LogP contribution is -2.47. The highest BCUT2D eigenvalue weighted by Crippen LogP contribution is 2.33. The SMILES string of the molecule is Cc1cc(F)c(F)c(-c2c(C)cnc3c(C(C)C)c(C(=O)NN4CCOc5ccccc54)nn23)c1. The molecule has 4 aromatic rings. The van der Waals surface area contributed by atoms with Crippen molar-refractivity contribution in [3.05, 3.63) is 76.6 Å². The molecule has 0 unspecified atom stereocenters. The Hall–Kier alpha value is -4.01. The highest BCUT2D eigenvalue weighted by atomic mass is 19.2. The van der Waals surface area contributed by atoms with Crippen LogP contribution in [-0.2, 0) is 0 Å². The van der Waals surface area contributed by atoms with E-state index in [1.165, 1.54) is 4.52 Å². The highest BCUT2D eigenvalue weighted by molar-refractivity contribution is 5.97. The van der Waals surface area contributed by atoms with Gasteiger partial charge in [-0.1, -0.05) is 26.0 Å². The van der Waals surface area contributed by atoms with Gasteiger partial charge in [-0.2, -0.15) is 5.10 Å². The number of carbonyl (C=O) groups is 1. The van der Waals surface area contributed by atoms with Crippen LogP contribution in [0, 0.1) is 25.5 Å². The number of aryl methyl sites for hydroxylation is 2. The Bertz CT molecular complexity index is 1460. The summed E-state index contributed by atoms with van der Waals surface area (Å²) in [5.41, 5.74) is 6.50. The number of rotatable bonds is 4. The molecule has 0 saturated heterocycles. The number of hydrogen-bond donors (Lipinski definition) is 1. The summed E-state index contributed by atoms with van der Waals surface area (Å²) >= 11 is 0. The van der Waals surface area contributed by atoms with Crippen molar-refractivity contribution in [2.45, 2.75) is 33.6 Å². The van der Waals surface area contributed by atoms with Crippen LogP contribution in [0.1, 0.15) is 46.9 Å². The predicted molar refractivity (Wildman–Crippen MR) is 129 cm³/mol. The number of aromatic nitrogens is 3. The molecule has 2 aromatic heterocycles. The first-order valence-corrected chi connectivity index (χ1v) is 11.4. The molecule has 180 valence electrons. The molecule has 0 saturated carbocycles. The van der Waals surface area contributed by atoms with E-state index in [0.29, 0.717) is 46.9 Å². The first kappa shape index (κ1) is 22.8. The fourth-order valence-electron chi connectivity index (χ4n) is 4.47. The van der Waals surface area contributed by atoms with Crippen molar-refractivity contribution in [1.82, 2.24) is 20.0 Å². The number of para-hydroxylation sites is 2. The van der Waals surface area contributed by atoms with Crippen LogP contribution >= 0.6 is 0 Å². The number of anilines is 1. The Morgan fingerprint density at radius 3 is 2.71 bits per heavy atom. The molecule has 0 aliphatic carbocycles. The van der Waals surface area contributed by atoms with Crippen LogP contribution in [0.5, 0.6) is 5.75 Å². The van der Waals surface area contributed by atoms with Crippen molar-refractivity contribution >= 4 is 17.2 Å². The summed E-state index contributed by atoms with van der Waals surface area (Å²) in [5.74, 6) is -1.76. The fourth-order valence-corrected chi connectivity index (χ4v) is 4.47. The molecular formula is C26H25F2N5O2. The summed E-state index contributed by atoms with van der Waals surface area (Å²) in [5, 5.41) is 6.31. The van der Waals surface area contributed by atoms with E-state index in [1.807, 2.05) is 38.1 Å². The van der Waals surface area contributed by atoms with Gasteiger partial charge < -0.3 is 4.74 Å². The van der Waals surface area contributed by atoms with Crippen LogP contribution in [0.3, 0.4) is 0 Å². The number of halogens is 2. The van der Waals surface area contributed by atoms with Gasteiger partial charge in [0.1, 0.15) is 12.4 Å². The Labute approximate surface area is 201 Å². The second-order valence-corrected chi connectivity index (χ2v) is 8.96. The van der Waals surface area contributed by atoms with Gasteiger partial charge in [0.2, 0.25) is 0 Å². The van der Waals surface area contributed by atoms with Gasteiger partial charge in [-0.05, 0) is 55.2 Å². The Morgan fingerprint density at radius 2 is 1.94 bits per heavy atom. The number of nitrogens with zero attached hydrogens (tertiary/aromatic N) is 4. The molecule has 0 bridgehead atoms. The molecule has 0 fully saturated rings. The molecule has 2 aromatic carbocycles. The van der Waals surface area contributed by atoms with Gasteiger partial charge in [-0.25, -0.2) is 18.3 Å². The molecule has 9 heteroatoms. The van der Waals surface area contributed by atoms with E-state index < -0.39 is 17.5 Å².